The van der Waals surface area contributed by atoms with Gasteiger partial charge in [-0.25, -0.2) is 0 Å². The molecule has 1 fully saturated rings. The molecular weight excluding hydrogens is 171 g/mol. The molecule has 0 bridgehead atoms. The summed E-state index contributed by atoms with van der Waals surface area (Å²) < 4.78 is 5.24. The second-order valence-corrected chi connectivity index (χ2v) is 3.62. The summed E-state index contributed by atoms with van der Waals surface area (Å²) in [4.78, 5) is 0. The van der Waals surface area contributed by atoms with Crippen molar-refractivity contribution in [3.63, 3.8) is 0 Å². The maximum atomic E-state index is 5.95. The molecule has 1 nitrogen and oxygen atoms in total. The van der Waals surface area contributed by atoms with Gasteiger partial charge in [0.1, 0.15) is 0 Å². The Morgan fingerprint density at radius 1 is 1.60 bits per heavy atom. The number of alkyl halides is 1. The molecular formula is C7H6Cl2O. The molecule has 54 valence electrons. The molecule has 1 aliphatic carbocycles. The van der Waals surface area contributed by atoms with Crippen molar-refractivity contribution >= 4 is 23.2 Å². The second kappa shape index (κ2) is 1.60. The van der Waals surface area contributed by atoms with Crippen molar-refractivity contribution in [2.75, 3.05) is 0 Å². The van der Waals surface area contributed by atoms with Gasteiger partial charge in [0.05, 0.1) is 5.03 Å². The average molecular weight is 177 g/mol. The summed E-state index contributed by atoms with van der Waals surface area (Å²) in [6.07, 6.45) is 5.42. The van der Waals surface area contributed by atoms with Gasteiger partial charge in [0, 0.05) is 0 Å². The van der Waals surface area contributed by atoms with E-state index in [2.05, 4.69) is 0 Å². The standard InChI is InChI=1S/C7H6Cl2O/c1-6-5(8)3-2-4-7(6,9)10-6/h2-4H,1H3. The molecule has 0 amide bonds. The fourth-order valence-corrected chi connectivity index (χ4v) is 1.72. The van der Waals surface area contributed by atoms with Crippen LogP contribution in [0.3, 0.4) is 0 Å². The highest BCUT2D eigenvalue weighted by molar-refractivity contribution is 6.35. The van der Waals surface area contributed by atoms with Crippen molar-refractivity contribution in [1.82, 2.24) is 0 Å². The average Bonchev–Trinajstić information content (AvgIpc) is 2.38. The number of allylic oxidation sites excluding steroid dienone is 2. The lowest BCUT2D eigenvalue weighted by Gasteiger charge is -2.08. The van der Waals surface area contributed by atoms with Crippen LogP contribution in [0, 0.1) is 0 Å². The molecule has 1 aliphatic heterocycles. The Kier molecular flexibility index (Phi) is 1.08. The van der Waals surface area contributed by atoms with Crippen molar-refractivity contribution in [2.24, 2.45) is 0 Å². The first-order valence-corrected chi connectivity index (χ1v) is 3.79. The van der Waals surface area contributed by atoms with Gasteiger partial charge in [0.25, 0.3) is 0 Å². The molecule has 0 radical (unpaired) electrons. The van der Waals surface area contributed by atoms with Crippen LogP contribution < -0.4 is 0 Å². The van der Waals surface area contributed by atoms with Gasteiger partial charge < -0.3 is 4.74 Å². The molecule has 0 aromatic carbocycles. The lowest BCUT2D eigenvalue weighted by molar-refractivity contribution is 0.344. The Morgan fingerprint density at radius 2 is 2.30 bits per heavy atom. The molecule has 0 N–H and O–H groups in total. The van der Waals surface area contributed by atoms with E-state index in [1.165, 1.54) is 0 Å². The van der Waals surface area contributed by atoms with Gasteiger partial charge in [0.15, 0.2) is 10.7 Å². The van der Waals surface area contributed by atoms with Crippen molar-refractivity contribution in [3.8, 4) is 0 Å². The first-order chi connectivity index (χ1) is 4.58. The predicted octanol–water partition coefficient (Wildman–Crippen LogP) is 2.40. The molecule has 0 aromatic rings. The van der Waals surface area contributed by atoms with E-state index in [0.717, 1.165) is 0 Å². The molecule has 0 saturated carbocycles. The van der Waals surface area contributed by atoms with Crippen molar-refractivity contribution < 1.29 is 4.74 Å². The fraction of sp³-hybridized carbons (Fsp3) is 0.429. The van der Waals surface area contributed by atoms with Crippen LogP contribution in [0.2, 0.25) is 0 Å². The molecule has 2 rings (SSSR count). The highest BCUT2D eigenvalue weighted by atomic mass is 35.5. The van der Waals surface area contributed by atoms with Crippen LogP contribution in [-0.2, 0) is 4.74 Å². The molecule has 0 spiro atoms. The first kappa shape index (κ1) is 6.71. The maximum Gasteiger partial charge on any atom is 0.195 e. The maximum absolute atomic E-state index is 5.95. The van der Waals surface area contributed by atoms with E-state index in [1.807, 2.05) is 13.0 Å². The Labute approximate surface area is 69.3 Å². The summed E-state index contributed by atoms with van der Waals surface area (Å²) in [5.74, 6) is 0. The fourth-order valence-electron chi connectivity index (χ4n) is 1.09. The second-order valence-electron chi connectivity index (χ2n) is 2.65. The third-order valence-corrected chi connectivity index (χ3v) is 3.02. The molecule has 2 atom stereocenters. The van der Waals surface area contributed by atoms with E-state index < -0.39 is 10.7 Å². The van der Waals surface area contributed by atoms with Crippen LogP contribution in [0.1, 0.15) is 6.92 Å². The lowest BCUT2D eigenvalue weighted by atomic mass is 10.0. The predicted molar refractivity (Wildman–Crippen MR) is 41.2 cm³/mol. The van der Waals surface area contributed by atoms with Crippen LogP contribution in [-0.4, -0.2) is 10.7 Å². The molecule has 10 heavy (non-hydrogen) atoms. The molecule has 3 heteroatoms. The number of epoxide rings is 1. The third kappa shape index (κ3) is 0.584. The van der Waals surface area contributed by atoms with Crippen LogP contribution in [0.25, 0.3) is 0 Å². The van der Waals surface area contributed by atoms with Gasteiger partial charge in [0.2, 0.25) is 0 Å². The van der Waals surface area contributed by atoms with Crippen molar-refractivity contribution in [2.45, 2.75) is 17.6 Å². The van der Waals surface area contributed by atoms with E-state index in [4.69, 9.17) is 27.9 Å². The van der Waals surface area contributed by atoms with Gasteiger partial charge in [-0.1, -0.05) is 29.3 Å². The van der Waals surface area contributed by atoms with Gasteiger partial charge in [-0.2, -0.15) is 0 Å². The number of ether oxygens (including phenoxy) is 1. The molecule has 2 aliphatic rings. The Balaban J connectivity index is 2.44. The minimum atomic E-state index is -0.654. The van der Waals surface area contributed by atoms with E-state index >= 15 is 0 Å². The highest BCUT2D eigenvalue weighted by Gasteiger charge is 2.67. The molecule has 2 unspecified atom stereocenters. The van der Waals surface area contributed by atoms with Gasteiger partial charge >= 0.3 is 0 Å². The SMILES string of the molecule is CC12OC1(Cl)C=CC=C2Cl. The zero-order valence-electron chi connectivity index (χ0n) is 5.40. The summed E-state index contributed by atoms with van der Waals surface area (Å²) >= 11 is 11.8. The summed E-state index contributed by atoms with van der Waals surface area (Å²) in [6, 6.07) is 0. The number of fused-ring (bicyclic) bond motifs is 1. The minimum Gasteiger partial charge on any atom is -0.336 e. The van der Waals surface area contributed by atoms with Crippen molar-refractivity contribution in [1.29, 1.82) is 0 Å². The monoisotopic (exact) mass is 176 g/mol. The van der Waals surface area contributed by atoms with E-state index in [1.54, 1.807) is 12.2 Å². The van der Waals surface area contributed by atoms with Gasteiger partial charge in [-0.15, -0.1) is 0 Å². The zero-order valence-corrected chi connectivity index (χ0v) is 6.91. The first-order valence-electron chi connectivity index (χ1n) is 3.03. The Hall–Kier alpha value is 0.0200. The summed E-state index contributed by atoms with van der Waals surface area (Å²) in [5, 5.41) is 0.0174. The lowest BCUT2D eigenvalue weighted by Crippen LogP contribution is -2.17. The molecule has 1 saturated heterocycles. The third-order valence-electron chi connectivity index (χ3n) is 1.97. The largest absolute Gasteiger partial charge is 0.336 e. The van der Waals surface area contributed by atoms with Crippen molar-refractivity contribution in [3.05, 3.63) is 23.3 Å². The normalized spacial score (nSPS) is 50.1. The van der Waals surface area contributed by atoms with Gasteiger partial charge in [-0.05, 0) is 19.1 Å². The Morgan fingerprint density at radius 3 is 2.80 bits per heavy atom. The number of halogens is 2. The quantitative estimate of drug-likeness (QED) is 0.408. The van der Waals surface area contributed by atoms with E-state index in [9.17, 15) is 0 Å². The molecule has 1 heterocycles. The number of rotatable bonds is 0. The highest BCUT2D eigenvalue weighted by Crippen LogP contribution is 2.59. The minimum absolute atomic E-state index is 0.454. The number of hydrogen-bond donors (Lipinski definition) is 0. The summed E-state index contributed by atoms with van der Waals surface area (Å²) in [6.45, 7) is 1.88. The smallest absolute Gasteiger partial charge is 0.195 e. The van der Waals surface area contributed by atoms with Crippen LogP contribution in [0.5, 0.6) is 0 Å². The topological polar surface area (TPSA) is 12.5 Å². The zero-order chi connectivity index (χ0) is 7.41. The molecule has 0 aromatic heterocycles. The summed E-state index contributed by atoms with van der Waals surface area (Å²) in [7, 11) is 0. The number of hydrogen-bond acceptors (Lipinski definition) is 1. The van der Waals surface area contributed by atoms with Gasteiger partial charge in [-0.3, -0.25) is 0 Å². The van der Waals surface area contributed by atoms with E-state index in [-0.39, 0.29) is 0 Å². The van der Waals surface area contributed by atoms with E-state index in [0.29, 0.717) is 5.03 Å². The van der Waals surface area contributed by atoms with Crippen LogP contribution in [0.4, 0.5) is 0 Å². The van der Waals surface area contributed by atoms with Crippen LogP contribution >= 0.6 is 23.2 Å². The van der Waals surface area contributed by atoms with Crippen LogP contribution in [0.15, 0.2) is 23.3 Å². The summed E-state index contributed by atoms with van der Waals surface area (Å²) in [5.41, 5.74) is -0.454. The Bertz CT molecular complexity index is 246.